The Balaban J connectivity index is 1.59. The molecule has 2 aromatic heterocycles. The van der Waals surface area contributed by atoms with Gasteiger partial charge in [0.05, 0.1) is 17.3 Å². The van der Waals surface area contributed by atoms with Gasteiger partial charge in [0.1, 0.15) is 0 Å². The number of rotatable bonds is 5. The zero-order valence-electron chi connectivity index (χ0n) is 14.8. The summed E-state index contributed by atoms with van der Waals surface area (Å²) in [6.45, 7) is 3.08. The van der Waals surface area contributed by atoms with E-state index in [0.717, 1.165) is 5.69 Å². The molecule has 1 unspecified atom stereocenters. The fourth-order valence-corrected chi connectivity index (χ4v) is 3.17. The lowest BCUT2D eigenvalue weighted by Gasteiger charge is -2.22. The number of benzene rings is 1. The molecule has 3 N–H and O–H groups in total. The fraction of sp³-hybridized carbons (Fsp3) is 0.263. The van der Waals surface area contributed by atoms with Crippen molar-refractivity contribution >= 4 is 23.3 Å². The fourth-order valence-electron chi connectivity index (χ4n) is 3.17. The lowest BCUT2D eigenvalue weighted by molar-refractivity contribution is -0.122. The predicted molar refractivity (Wildman–Crippen MR) is 101 cm³/mol. The summed E-state index contributed by atoms with van der Waals surface area (Å²) in [5, 5.41) is 12.8. The SMILES string of the molecule is C[C@H](CNc1cc(C2CNC(=O)NC2=O)nn2ccnc12)c1ccccc1. The number of anilines is 1. The average molecular weight is 364 g/mol. The molecule has 0 bridgehead atoms. The average Bonchev–Trinajstić information content (AvgIpc) is 3.15. The zero-order valence-corrected chi connectivity index (χ0v) is 14.8. The van der Waals surface area contributed by atoms with Crippen LogP contribution in [0.15, 0.2) is 48.8 Å². The molecule has 1 aromatic carbocycles. The molecule has 1 aliphatic rings. The van der Waals surface area contributed by atoms with E-state index in [1.54, 1.807) is 16.9 Å². The van der Waals surface area contributed by atoms with Crippen LogP contribution in [-0.2, 0) is 4.79 Å². The number of amides is 3. The summed E-state index contributed by atoms with van der Waals surface area (Å²) in [6.07, 6.45) is 3.41. The minimum atomic E-state index is -0.540. The van der Waals surface area contributed by atoms with E-state index in [9.17, 15) is 9.59 Å². The van der Waals surface area contributed by atoms with Gasteiger partial charge in [0.15, 0.2) is 5.65 Å². The Morgan fingerprint density at radius 1 is 1.30 bits per heavy atom. The van der Waals surface area contributed by atoms with Gasteiger partial charge >= 0.3 is 6.03 Å². The molecule has 4 rings (SSSR count). The van der Waals surface area contributed by atoms with Gasteiger partial charge in [-0.15, -0.1) is 0 Å². The lowest BCUT2D eigenvalue weighted by Crippen LogP contribution is -2.51. The Morgan fingerprint density at radius 3 is 2.89 bits per heavy atom. The van der Waals surface area contributed by atoms with Crippen LogP contribution in [0.25, 0.3) is 5.65 Å². The first-order chi connectivity index (χ1) is 13.1. The van der Waals surface area contributed by atoms with Crippen LogP contribution in [-0.4, -0.2) is 39.6 Å². The number of urea groups is 1. The number of nitrogens with one attached hydrogen (secondary N) is 3. The zero-order chi connectivity index (χ0) is 18.8. The van der Waals surface area contributed by atoms with Crippen molar-refractivity contribution < 1.29 is 9.59 Å². The summed E-state index contributed by atoms with van der Waals surface area (Å²) in [6, 6.07) is 11.6. The molecule has 2 atom stereocenters. The molecular weight excluding hydrogens is 344 g/mol. The summed E-state index contributed by atoms with van der Waals surface area (Å²) in [5.74, 6) is -0.592. The third-order valence-corrected chi connectivity index (χ3v) is 4.72. The highest BCUT2D eigenvalue weighted by atomic mass is 16.2. The Labute approximate surface area is 156 Å². The Hall–Kier alpha value is -3.42. The number of hydrogen-bond donors (Lipinski definition) is 3. The molecule has 3 aromatic rings. The van der Waals surface area contributed by atoms with E-state index in [-0.39, 0.29) is 12.5 Å². The van der Waals surface area contributed by atoms with Crippen LogP contribution in [0.5, 0.6) is 0 Å². The first kappa shape index (κ1) is 17.0. The number of fused-ring (bicyclic) bond motifs is 1. The van der Waals surface area contributed by atoms with Gasteiger partial charge in [0, 0.05) is 25.5 Å². The second kappa shape index (κ2) is 7.06. The van der Waals surface area contributed by atoms with E-state index in [1.807, 2.05) is 24.3 Å². The van der Waals surface area contributed by atoms with E-state index in [2.05, 4.69) is 45.1 Å². The van der Waals surface area contributed by atoms with Crippen LogP contribution in [0.2, 0.25) is 0 Å². The largest absolute Gasteiger partial charge is 0.381 e. The monoisotopic (exact) mass is 364 g/mol. The van der Waals surface area contributed by atoms with Crippen molar-refractivity contribution in [3.8, 4) is 0 Å². The third-order valence-electron chi connectivity index (χ3n) is 4.72. The van der Waals surface area contributed by atoms with E-state index in [4.69, 9.17) is 0 Å². The molecule has 8 nitrogen and oxygen atoms in total. The maximum absolute atomic E-state index is 12.2. The van der Waals surface area contributed by atoms with Gasteiger partial charge in [0.2, 0.25) is 5.91 Å². The Morgan fingerprint density at radius 2 is 2.11 bits per heavy atom. The summed E-state index contributed by atoms with van der Waals surface area (Å²) in [7, 11) is 0. The second-order valence-electron chi connectivity index (χ2n) is 6.62. The van der Waals surface area contributed by atoms with Crippen molar-refractivity contribution in [2.24, 2.45) is 0 Å². The van der Waals surface area contributed by atoms with Crippen molar-refractivity contribution in [2.45, 2.75) is 18.8 Å². The smallest absolute Gasteiger partial charge is 0.321 e. The quantitative estimate of drug-likeness (QED) is 0.642. The predicted octanol–water partition coefficient (Wildman–Crippen LogP) is 1.87. The van der Waals surface area contributed by atoms with Crippen LogP contribution in [0.1, 0.15) is 30.0 Å². The van der Waals surface area contributed by atoms with Gasteiger partial charge in [0.25, 0.3) is 0 Å². The minimum absolute atomic E-state index is 0.220. The highest BCUT2D eigenvalue weighted by molar-refractivity contribution is 6.00. The van der Waals surface area contributed by atoms with Crippen LogP contribution in [0.4, 0.5) is 10.5 Å². The summed E-state index contributed by atoms with van der Waals surface area (Å²) in [5.41, 5.74) is 3.32. The van der Waals surface area contributed by atoms with Crippen molar-refractivity contribution in [2.75, 3.05) is 18.4 Å². The Kier molecular flexibility index (Phi) is 4.45. The molecule has 1 saturated heterocycles. The highest BCUT2D eigenvalue weighted by Crippen LogP contribution is 2.23. The van der Waals surface area contributed by atoms with Crippen LogP contribution in [0.3, 0.4) is 0 Å². The van der Waals surface area contributed by atoms with Gasteiger partial charge in [-0.2, -0.15) is 5.10 Å². The number of imidazole rings is 1. The van der Waals surface area contributed by atoms with Gasteiger partial charge in [-0.1, -0.05) is 37.3 Å². The maximum atomic E-state index is 12.2. The molecular formula is C19H20N6O2. The second-order valence-corrected chi connectivity index (χ2v) is 6.62. The molecule has 0 saturated carbocycles. The van der Waals surface area contributed by atoms with Crippen molar-refractivity contribution in [3.63, 3.8) is 0 Å². The number of carbonyl (C=O) groups is 2. The molecule has 27 heavy (non-hydrogen) atoms. The minimum Gasteiger partial charge on any atom is -0.381 e. The molecule has 1 fully saturated rings. The number of carbonyl (C=O) groups excluding carboxylic acids is 2. The van der Waals surface area contributed by atoms with Gasteiger partial charge in [-0.05, 0) is 17.5 Å². The van der Waals surface area contributed by atoms with Crippen molar-refractivity contribution in [3.05, 3.63) is 60.0 Å². The normalized spacial score (nSPS) is 18.0. The van der Waals surface area contributed by atoms with Gasteiger partial charge in [-0.25, -0.2) is 14.3 Å². The molecule has 0 spiro atoms. The molecule has 0 aliphatic carbocycles. The van der Waals surface area contributed by atoms with Gasteiger partial charge < -0.3 is 10.6 Å². The van der Waals surface area contributed by atoms with E-state index in [0.29, 0.717) is 23.8 Å². The number of imide groups is 1. The summed E-state index contributed by atoms with van der Waals surface area (Å²) < 4.78 is 1.65. The van der Waals surface area contributed by atoms with Crippen LogP contribution in [0, 0.1) is 0 Å². The van der Waals surface area contributed by atoms with Crippen molar-refractivity contribution in [1.29, 1.82) is 0 Å². The molecule has 3 heterocycles. The van der Waals surface area contributed by atoms with E-state index >= 15 is 0 Å². The number of aromatic nitrogens is 3. The maximum Gasteiger partial charge on any atom is 0.321 e. The Bertz CT molecular complexity index is 984. The summed E-state index contributed by atoms with van der Waals surface area (Å²) >= 11 is 0. The molecule has 138 valence electrons. The lowest BCUT2D eigenvalue weighted by atomic mass is 10.0. The topological polar surface area (TPSA) is 100 Å². The van der Waals surface area contributed by atoms with E-state index in [1.165, 1.54) is 5.56 Å². The van der Waals surface area contributed by atoms with Crippen LogP contribution < -0.4 is 16.0 Å². The first-order valence-electron chi connectivity index (χ1n) is 8.83. The standard InChI is InChI=1S/C19H20N6O2/c1-12(13-5-3-2-4-6-13)10-21-16-9-15(24-25-8-7-20-17(16)25)14-11-22-19(27)23-18(14)26/h2-9,12,14,21H,10-11H2,1H3,(H2,22,23,26,27)/t12-,14?/m1/s1. The van der Waals surface area contributed by atoms with E-state index < -0.39 is 11.9 Å². The molecule has 3 amide bonds. The number of nitrogens with zero attached hydrogens (tertiary/aromatic N) is 3. The highest BCUT2D eigenvalue weighted by Gasteiger charge is 2.29. The van der Waals surface area contributed by atoms with Crippen LogP contribution >= 0.6 is 0 Å². The molecule has 8 heteroatoms. The molecule has 1 aliphatic heterocycles. The summed E-state index contributed by atoms with van der Waals surface area (Å²) in [4.78, 5) is 27.8. The first-order valence-corrected chi connectivity index (χ1v) is 8.83. The van der Waals surface area contributed by atoms with Crippen molar-refractivity contribution in [1.82, 2.24) is 25.2 Å². The molecule has 0 radical (unpaired) electrons. The third kappa shape index (κ3) is 3.46. The van der Waals surface area contributed by atoms with Gasteiger partial charge in [-0.3, -0.25) is 10.1 Å². The number of hydrogen-bond acceptors (Lipinski definition) is 5.